The number of methoxy groups -OCH3 is 1. The lowest BCUT2D eigenvalue weighted by atomic mass is 10.1. The Hall–Kier alpha value is -0.290. The van der Waals surface area contributed by atoms with Gasteiger partial charge in [-0.05, 0) is 19.3 Å². The molecule has 0 aliphatic heterocycles. The van der Waals surface area contributed by atoms with Crippen molar-refractivity contribution in [2.45, 2.75) is 38.0 Å². The molecular formula is C8H15F3O2. The second kappa shape index (κ2) is 6.21. The van der Waals surface area contributed by atoms with Crippen LogP contribution in [0.15, 0.2) is 0 Å². The average molecular weight is 200 g/mol. The first-order valence-corrected chi connectivity index (χ1v) is 4.19. The molecule has 5 heteroatoms. The van der Waals surface area contributed by atoms with Crippen molar-refractivity contribution in [2.24, 2.45) is 0 Å². The summed E-state index contributed by atoms with van der Waals surface area (Å²) in [7, 11) is 1.49. The van der Waals surface area contributed by atoms with Crippen LogP contribution < -0.4 is 0 Å². The van der Waals surface area contributed by atoms with Gasteiger partial charge in [-0.2, -0.15) is 13.2 Å². The Labute approximate surface area is 75.7 Å². The van der Waals surface area contributed by atoms with Crippen LogP contribution in [-0.2, 0) is 4.74 Å². The molecule has 0 radical (unpaired) electrons. The summed E-state index contributed by atoms with van der Waals surface area (Å²) < 4.78 is 39.6. The Kier molecular flexibility index (Phi) is 6.07. The highest BCUT2D eigenvalue weighted by atomic mass is 19.4. The van der Waals surface area contributed by atoms with E-state index >= 15 is 0 Å². The van der Waals surface area contributed by atoms with Crippen LogP contribution in [0.1, 0.15) is 25.7 Å². The Balaban J connectivity index is 3.31. The van der Waals surface area contributed by atoms with Crippen LogP contribution >= 0.6 is 0 Å². The molecule has 0 saturated carbocycles. The molecule has 0 saturated heterocycles. The standard InChI is InChI=1S/C8H15F3O2/c1-13-6-4-7(12)3-2-5-8(9,10)11/h7,12H,2-6H2,1H3. The molecule has 0 fully saturated rings. The van der Waals surface area contributed by atoms with Crippen LogP contribution in [0, 0.1) is 0 Å². The number of aliphatic hydroxyl groups is 1. The fraction of sp³-hybridized carbons (Fsp3) is 1.00. The Morgan fingerprint density at radius 3 is 2.38 bits per heavy atom. The average Bonchev–Trinajstić information content (AvgIpc) is 1.98. The van der Waals surface area contributed by atoms with Gasteiger partial charge < -0.3 is 9.84 Å². The van der Waals surface area contributed by atoms with Gasteiger partial charge in [0.15, 0.2) is 0 Å². The summed E-state index contributed by atoms with van der Waals surface area (Å²) >= 11 is 0. The molecule has 2 nitrogen and oxygen atoms in total. The van der Waals surface area contributed by atoms with Gasteiger partial charge in [0.05, 0.1) is 6.10 Å². The number of halogens is 3. The fourth-order valence-corrected chi connectivity index (χ4v) is 0.936. The largest absolute Gasteiger partial charge is 0.393 e. The lowest BCUT2D eigenvalue weighted by Crippen LogP contribution is -2.12. The van der Waals surface area contributed by atoms with Gasteiger partial charge in [0, 0.05) is 20.1 Å². The lowest BCUT2D eigenvalue weighted by molar-refractivity contribution is -0.136. The van der Waals surface area contributed by atoms with Crippen molar-refractivity contribution in [3.63, 3.8) is 0 Å². The number of aliphatic hydroxyl groups excluding tert-OH is 1. The van der Waals surface area contributed by atoms with Crippen LogP contribution in [0.25, 0.3) is 0 Å². The zero-order valence-corrected chi connectivity index (χ0v) is 7.60. The van der Waals surface area contributed by atoms with E-state index in [1.54, 1.807) is 0 Å². The summed E-state index contributed by atoms with van der Waals surface area (Å²) in [6.07, 6.45) is -5.05. The van der Waals surface area contributed by atoms with Gasteiger partial charge in [-0.3, -0.25) is 0 Å². The second-order valence-corrected chi connectivity index (χ2v) is 2.94. The molecule has 0 bridgehead atoms. The molecule has 0 amide bonds. The van der Waals surface area contributed by atoms with E-state index in [1.165, 1.54) is 7.11 Å². The zero-order valence-electron chi connectivity index (χ0n) is 7.60. The summed E-state index contributed by atoms with van der Waals surface area (Å²) in [5.74, 6) is 0. The van der Waals surface area contributed by atoms with E-state index in [2.05, 4.69) is 4.74 Å². The van der Waals surface area contributed by atoms with Gasteiger partial charge in [0.2, 0.25) is 0 Å². The molecule has 1 atom stereocenters. The van der Waals surface area contributed by atoms with Crippen molar-refractivity contribution in [3.05, 3.63) is 0 Å². The molecule has 1 N–H and O–H groups in total. The summed E-state index contributed by atoms with van der Waals surface area (Å²) in [4.78, 5) is 0. The Morgan fingerprint density at radius 1 is 1.31 bits per heavy atom. The number of alkyl halides is 3. The normalized spacial score (nSPS) is 14.5. The predicted octanol–water partition coefficient (Wildman–Crippen LogP) is 2.12. The highest BCUT2D eigenvalue weighted by Gasteiger charge is 2.26. The van der Waals surface area contributed by atoms with E-state index in [0.717, 1.165) is 0 Å². The van der Waals surface area contributed by atoms with Gasteiger partial charge in [-0.25, -0.2) is 0 Å². The third-order valence-corrected chi connectivity index (χ3v) is 1.65. The van der Waals surface area contributed by atoms with Crippen LogP contribution in [0.4, 0.5) is 13.2 Å². The van der Waals surface area contributed by atoms with Crippen LogP contribution in [-0.4, -0.2) is 31.1 Å². The third kappa shape index (κ3) is 9.63. The van der Waals surface area contributed by atoms with Crippen LogP contribution in [0.2, 0.25) is 0 Å². The van der Waals surface area contributed by atoms with Gasteiger partial charge in [-0.1, -0.05) is 0 Å². The predicted molar refractivity (Wildman–Crippen MR) is 42.4 cm³/mol. The maximum absolute atomic E-state index is 11.7. The van der Waals surface area contributed by atoms with E-state index < -0.39 is 18.7 Å². The molecule has 13 heavy (non-hydrogen) atoms. The molecule has 0 spiro atoms. The van der Waals surface area contributed by atoms with Gasteiger partial charge in [-0.15, -0.1) is 0 Å². The summed E-state index contributed by atoms with van der Waals surface area (Å²) in [5, 5.41) is 9.13. The minimum atomic E-state index is -4.11. The molecule has 1 unspecified atom stereocenters. The Bertz CT molecular complexity index is 125. The van der Waals surface area contributed by atoms with Crippen molar-refractivity contribution in [3.8, 4) is 0 Å². The molecule has 0 heterocycles. The molecule has 0 aromatic heterocycles. The molecule has 0 rings (SSSR count). The summed E-state index contributed by atoms with van der Waals surface area (Å²) in [5.41, 5.74) is 0. The number of hydrogen-bond acceptors (Lipinski definition) is 2. The SMILES string of the molecule is COCCC(O)CCCC(F)(F)F. The molecule has 0 aromatic rings. The highest BCUT2D eigenvalue weighted by molar-refractivity contribution is 4.58. The second-order valence-electron chi connectivity index (χ2n) is 2.94. The first kappa shape index (κ1) is 12.7. The smallest absolute Gasteiger partial charge is 0.389 e. The topological polar surface area (TPSA) is 29.5 Å². The number of rotatable bonds is 6. The quantitative estimate of drug-likeness (QED) is 0.711. The molecular weight excluding hydrogens is 185 g/mol. The van der Waals surface area contributed by atoms with E-state index in [0.29, 0.717) is 13.0 Å². The van der Waals surface area contributed by atoms with Crippen LogP contribution in [0.5, 0.6) is 0 Å². The van der Waals surface area contributed by atoms with E-state index in [9.17, 15) is 13.2 Å². The third-order valence-electron chi connectivity index (χ3n) is 1.65. The zero-order chi connectivity index (χ0) is 10.3. The maximum atomic E-state index is 11.7. The van der Waals surface area contributed by atoms with E-state index in [-0.39, 0.29) is 12.8 Å². The molecule has 0 aliphatic carbocycles. The van der Waals surface area contributed by atoms with E-state index in [4.69, 9.17) is 5.11 Å². The van der Waals surface area contributed by atoms with Gasteiger partial charge in [0.1, 0.15) is 0 Å². The fourth-order valence-electron chi connectivity index (χ4n) is 0.936. The van der Waals surface area contributed by atoms with E-state index in [1.807, 2.05) is 0 Å². The first-order valence-electron chi connectivity index (χ1n) is 4.19. The van der Waals surface area contributed by atoms with Crippen molar-refractivity contribution < 1.29 is 23.0 Å². The van der Waals surface area contributed by atoms with Crippen molar-refractivity contribution in [1.82, 2.24) is 0 Å². The molecule has 80 valence electrons. The van der Waals surface area contributed by atoms with Crippen molar-refractivity contribution >= 4 is 0 Å². The van der Waals surface area contributed by atoms with Crippen molar-refractivity contribution in [2.75, 3.05) is 13.7 Å². The first-order chi connectivity index (χ1) is 5.95. The van der Waals surface area contributed by atoms with Gasteiger partial charge >= 0.3 is 6.18 Å². The monoisotopic (exact) mass is 200 g/mol. The summed E-state index contributed by atoms with van der Waals surface area (Å²) in [6, 6.07) is 0. The minimum Gasteiger partial charge on any atom is -0.393 e. The lowest BCUT2D eigenvalue weighted by Gasteiger charge is -2.10. The minimum absolute atomic E-state index is 0.0195. The van der Waals surface area contributed by atoms with Gasteiger partial charge in [0.25, 0.3) is 0 Å². The maximum Gasteiger partial charge on any atom is 0.389 e. The number of hydrogen-bond donors (Lipinski definition) is 1. The van der Waals surface area contributed by atoms with Crippen LogP contribution in [0.3, 0.4) is 0 Å². The molecule has 0 aromatic carbocycles. The Morgan fingerprint density at radius 2 is 1.92 bits per heavy atom. The number of ether oxygens (including phenoxy) is 1. The molecule has 0 aliphatic rings. The van der Waals surface area contributed by atoms with Crippen molar-refractivity contribution in [1.29, 1.82) is 0 Å². The highest BCUT2D eigenvalue weighted by Crippen LogP contribution is 2.22. The summed E-state index contributed by atoms with van der Waals surface area (Å²) in [6.45, 7) is 0.382.